The molecule has 2 rings (SSSR count). The third kappa shape index (κ3) is 4.52. The normalized spacial score (nSPS) is 13.7. The summed E-state index contributed by atoms with van der Waals surface area (Å²) in [6.45, 7) is 1.66. The molecule has 0 heterocycles. The van der Waals surface area contributed by atoms with Gasteiger partial charge in [-0.15, -0.1) is 0 Å². The van der Waals surface area contributed by atoms with Crippen LogP contribution in [0.15, 0.2) is 70.5 Å². The molecule has 0 fully saturated rings. The van der Waals surface area contributed by atoms with Gasteiger partial charge in [-0.05, 0) is 43.0 Å². The Morgan fingerprint density at radius 2 is 1.23 bits per heavy atom. The summed E-state index contributed by atoms with van der Waals surface area (Å²) in [6, 6.07) is 15.2. The van der Waals surface area contributed by atoms with E-state index in [0.717, 1.165) is 6.42 Å². The number of aliphatic hydroxyl groups is 1. The molecule has 5 nitrogen and oxygen atoms in total. The van der Waals surface area contributed by atoms with Crippen LogP contribution in [0, 0.1) is 5.92 Å². The molecule has 0 unspecified atom stereocenters. The topological polar surface area (TPSA) is 88.5 Å². The summed E-state index contributed by atoms with van der Waals surface area (Å²) in [6.07, 6.45) is 1.15. The van der Waals surface area contributed by atoms with Crippen LogP contribution in [0.3, 0.4) is 0 Å². The highest BCUT2D eigenvalue weighted by Gasteiger charge is 2.41. The third-order valence-electron chi connectivity index (χ3n) is 4.32. The number of hydrogen-bond acceptors (Lipinski definition) is 5. The Kier molecular flexibility index (Phi) is 6.97. The molecule has 0 aliphatic carbocycles. The maximum Gasteiger partial charge on any atom is 0.195 e. The Morgan fingerprint density at radius 1 is 0.808 bits per heavy atom. The van der Waals surface area contributed by atoms with E-state index in [0.29, 0.717) is 6.42 Å². The fourth-order valence-electron chi connectivity index (χ4n) is 2.91. The lowest BCUT2D eigenvalue weighted by molar-refractivity contribution is 0.212. The van der Waals surface area contributed by atoms with Crippen molar-refractivity contribution in [3.8, 4) is 0 Å². The Labute approximate surface area is 155 Å². The molecule has 0 saturated heterocycles. The summed E-state index contributed by atoms with van der Waals surface area (Å²) in [5.74, 6) is -0.401. The van der Waals surface area contributed by atoms with Crippen LogP contribution >= 0.6 is 0 Å². The number of sulfone groups is 2. The van der Waals surface area contributed by atoms with Gasteiger partial charge in [0.2, 0.25) is 0 Å². The standard InChI is InChI=1S/C19H24O5S2/c1-2-9-16(15-20)14-19(25(21,22)17-10-5-3-6-11-17)26(23,24)18-12-7-4-8-13-18/h3-8,10-13,16,19-20H,2,9,14-15H2,1H3/t16-/m1/s1. The SMILES string of the molecule is CCC[C@@H](CO)CC(S(=O)(=O)c1ccccc1)S(=O)(=O)c1ccccc1. The van der Waals surface area contributed by atoms with Gasteiger partial charge in [0.05, 0.1) is 9.79 Å². The second-order valence-electron chi connectivity index (χ2n) is 6.22. The van der Waals surface area contributed by atoms with E-state index in [4.69, 9.17) is 0 Å². The Morgan fingerprint density at radius 3 is 1.58 bits per heavy atom. The predicted octanol–water partition coefficient (Wildman–Crippen LogP) is 3.06. The van der Waals surface area contributed by atoms with Crippen molar-refractivity contribution >= 4 is 19.7 Å². The van der Waals surface area contributed by atoms with Crippen molar-refractivity contribution in [3.05, 3.63) is 60.7 Å². The summed E-state index contributed by atoms with van der Waals surface area (Å²) in [5.41, 5.74) is 0. The second-order valence-corrected chi connectivity index (χ2v) is 10.8. The van der Waals surface area contributed by atoms with Crippen molar-refractivity contribution in [2.24, 2.45) is 5.92 Å². The highest BCUT2D eigenvalue weighted by Crippen LogP contribution is 2.31. The molecule has 0 bridgehead atoms. The van der Waals surface area contributed by atoms with Crippen LogP contribution in [0.25, 0.3) is 0 Å². The Hall–Kier alpha value is -1.70. The minimum atomic E-state index is -4.13. The molecule has 142 valence electrons. The average molecular weight is 397 g/mol. The lowest BCUT2D eigenvalue weighted by Crippen LogP contribution is -2.33. The first-order chi connectivity index (χ1) is 12.3. The zero-order valence-electron chi connectivity index (χ0n) is 14.7. The van der Waals surface area contributed by atoms with Crippen LogP contribution in [-0.4, -0.2) is 33.1 Å². The minimum Gasteiger partial charge on any atom is -0.396 e. The summed E-state index contributed by atoms with van der Waals surface area (Å²) in [5, 5.41) is 9.59. The molecule has 0 saturated carbocycles. The summed E-state index contributed by atoms with van der Waals surface area (Å²) in [7, 11) is -8.26. The molecule has 1 atom stereocenters. The average Bonchev–Trinajstić information content (AvgIpc) is 2.66. The van der Waals surface area contributed by atoms with E-state index in [1.165, 1.54) is 24.3 Å². The van der Waals surface area contributed by atoms with Gasteiger partial charge in [-0.2, -0.15) is 0 Å². The van der Waals surface area contributed by atoms with Gasteiger partial charge in [0.15, 0.2) is 24.3 Å². The summed E-state index contributed by atoms with van der Waals surface area (Å²) >= 11 is 0. The van der Waals surface area contributed by atoms with Gasteiger partial charge >= 0.3 is 0 Å². The molecule has 1 N–H and O–H groups in total. The Bertz CT molecular complexity index is 822. The molecular weight excluding hydrogens is 372 g/mol. The molecule has 2 aromatic rings. The quantitative estimate of drug-likeness (QED) is 0.704. The van der Waals surface area contributed by atoms with E-state index in [1.807, 2.05) is 6.92 Å². The van der Waals surface area contributed by atoms with Gasteiger partial charge in [-0.25, -0.2) is 16.8 Å². The van der Waals surface area contributed by atoms with E-state index >= 15 is 0 Å². The van der Waals surface area contributed by atoms with E-state index in [-0.39, 0.29) is 22.8 Å². The highest BCUT2D eigenvalue weighted by atomic mass is 32.3. The van der Waals surface area contributed by atoms with E-state index in [2.05, 4.69) is 0 Å². The summed E-state index contributed by atoms with van der Waals surface area (Å²) < 4.78 is 51.0. The monoisotopic (exact) mass is 396 g/mol. The van der Waals surface area contributed by atoms with E-state index in [9.17, 15) is 21.9 Å². The van der Waals surface area contributed by atoms with Crippen LogP contribution in [0.2, 0.25) is 0 Å². The van der Waals surface area contributed by atoms with Crippen molar-refractivity contribution in [2.45, 2.75) is 40.6 Å². The Balaban J connectivity index is 2.56. The first kappa shape index (κ1) is 20.6. The largest absolute Gasteiger partial charge is 0.396 e. The minimum absolute atomic E-state index is 0.0299. The fourth-order valence-corrected chi connectivity index (χ4v) is 7.64. The van der Waals surface area contributed by atoms with Gasteiger partial charge in [-0.1, -0.05) is 49.7 Å². The highest BCUT2D eigenvalue weighted by molar-refractivity contribution is 8.09. The second kappa shape index (κ2) is 8.79. The van der Waals surface area contributed by atoms with Gasteiger partial charge in [0.25, 0.3) is 0 Å². The number of hydrogen-bond donors (Lipinski definition) is 1. The van der Waals surface area contributed by atoms with Gasteiger partial charge in [0, 0.05) is 6.61 Å². The molecule has 0 aromatic heterocycles. The summed E-state index contributed by atoms with van der Waals surface area (Å²) in [4.78, 5) is -0.0598. The number of aliphatic hydroxyl groups excluding tert-OH is 1. The lowest BCUT2D eigenvalue weighted by Gasteiger charge is -2.22. The molecule has 0 radical (unpaired) electrons. The maximum absolute atomic E-state index is 13.1. The number of rotatable bonds is 9. The number of benzene rings is 2. The van der Waals surface area contributed by atoms with Gasteiger partial charge < -0.3 is 5.11 Å². The fraction of sp³-hybridized carbons (Fsp3) is 0.368. The lowest BCUT2D eigenvalue weighted by atomic mass is 10.0. The first-order valence-corrected chi connectivity index (χ1v) is 11.6. The molecule has 0 aliphatic rings. The van der Waals surface area contributed by atoms with Crippen molar-refractivity contribution in [2.75, 3.05) is 6.61 Å². The van der Waals surface area contributed by atoms with Crippen molar-refractivity contribution < 1.29 is 21.9 Å². The molecule has 26 heavy (non-hydrogen) atoms. The van der Waals surface area contributed by atoms with Crippen molar-refractivity contribution in [3.63, 3.8) is 0 Å². The molecule has 0 amide bonds. The molecular formula is C19H24O5S2. The van der Waals surface area contributed by atoms with Crippen LogP contribution < -0.4 is 0 Å². The van der Waals surface area contributed by atoms with Crippen molar-refractivity contribution in [1.82, 2.24) is 0 Å². The molecule has 2 aromatic carbocycles. The molecule has 0 aliphatic heterocycles. The van der Waals surface area contributed by atoms with Gasteiger partial charge in [0.1, 0.15) is 0 Å². The van der Waals surface area contributed by atoms with Crippen LogP contribution in [0.1, 0.15) is 26.2 Å². The molecule has 0 spiro atoms. The zero-order valence-corrected chi connectivity index (χ0v) is 16.3. The van der Waals surface area contributed by atoms with Crippen LogP contribution in [0.5, 0.6) is 0 Å². The maximum atomic E-state index is 13.1. The van der Waals surface area contributed by atoms with Crippen LogP contribution in [-0.2, 0) is 19.7 Å². The third-order valence-corrected chi connectivity index (χ3v) is 9.46. The predicted molar refractivity (Wildman–Crippen MR) is 101 cm³/mol. The van der Waals surface area contributed by atoms with Crippen molar-refractivity contribution in [1.29, 1.82) is 0 Å². The first-order valence-electron chi connectivity index (χ1n) is 8.52. The van der Waals surface area contributed by atoms with E-state index in [1.54, 1.807) is 36.4 Å². The molecule has 7 heteroatoms. The smallest absolute Gasteiger partial charge is 0.195 e. The zero-order chi connectivity index (χ0) is 19.2. The van der Waals surface area contributed by atoms with Crippen LogP contribution in [0.4, 0.5) is 0 Å². The van der Waals surface area contributed by atoms with E-state index < -0.39 is 30.2 Å². The van der Waals surface area contributed by atoms with Gasteiger partial charge in [-0.3, -0.25) is 0 Å².